The molecule has 0 amide bonds. The van der Waals surface area contributed by atoms with Crippen LogP contribution in [-0.4, -0.2) is 29.8 Å². The largest absolute Gasteiger partial charge is 0.468 e. The first-order valence-corrected chi connectivity index (χ1v) is 6.37. The van der Waals surface area contributed by atoms with Gasteiger partial charge in [0.25, 0.3) is 11.6 Å². The van der Waals surface area contributed by atoms with E-state index in [2.05, 4.69) is 24.1 Å². The Morgan fingerprint density at radius 2 is 2.22 bits per heavy atom. The van der Waals surface area contributed by atoms with Gasteiger partial charge in [-0.25, -0.2) is 4.98 Å². The zero-order valence-corrected chi connectivity index (χ0v) is 11.7. The minimum atomic E-state index is -0.0526. The third-order valence-corrected chi connectivity index (χ3v) is 2.57. The van der Waals surface area contributed by atoms with Gasteiger partial charge in [-0.3, -0.25) is 9.36 Å². The molecule has 0 unspecified atom stereocenters. The minimum Gasteiger partial charge on any atom is -0.468 e. The fourth-order valence-electron chi connectivity index (χ4n) is 1.71. The fraction of sp³-hybridized carbons (Fsp3) is 0.692. The minimum absolute atomic E-state index is 0.0526. The van der Waals surface area contributed by atoms with Crippen LogP contribution in [0.25, 0.3) is 0 Å². The van der Waals surface area contributed by atoms with E-state index < -0.39 is 0 Å². The highest BCUT2D eigenvalue weighted by atomic mass is 16.5. The van der Waals surface area contributed by atoms with Gasteiger partial charge in [-0.1, -0.05) is 13.8 Å². The third-order valence-electron chi connectivity index (χ3n) is 2.57. The molecule has 0 radical (unpaired) electrons. The van der Waals surface area contributed by atoms with Crippen LogP contribution in [0.15, 0.2) is 10.9 Å². The molecule has 102 valence electrons. The van der Waals surface area contributed by atoms with Crippen LogP contribution in [0.5, 0.6) is 6.01 Å². The van der Waals surface area contributed by atoms with Crippen LogP contribution in [0.3, 0.4) is 0 Å². The Morgan fingerprint density at radius 3 is 2.83 bits per heavy atom. The zero-order valence-electron chi connectivity index (χ0n) is 11.7. The summed E-state index contributed by atoms with van der Waals surface area (Å²) in [5.74, 6) is 0.642. The van der Waals surface area contributed by atoms with Crippen molar-refractivity contribution >= 4 is 0 Å². The molecule has 0 saturated carbocycles. The highest BCUT2D eigenvalue weighted by molar-refractivity contribution is 5.06. The molecule has 0 bridgehead atoms. The molecular formula is C13H23N3O2. The number of aryl methyl sites for hydroxylation is 1. The molecule has 0 aliphatic heterocycles. The van der Waals surface area contributed by atoms with Crippen LogP contribution < -0.4 is 15.6 Å². The van der Waals surface area contributed by atoms with Gasteiger partial charge in [0.2, 0.25) is 0 Å². The normalized spacial score (nSPS) is 10.9. The van der Waals surface area contributed by atoms with E-state index in [1.807, 2.05) is 0 Å². The molecule has 0 fully saturated rings. The molecule has 5 heteroatoms. The van der Waals surface area contributed by atoms with Crippen molar-refractivity contribution in [2.24, 2.45) is 5.92 Å². The number of aromatic nitrogens is 2. The van der Waals surface area contributed by atoms with E-state index in [9.17, 15) is 4.79 Å². The second-order valence-corrected chi connectivity index (χ2v) is 4.83. The summed E-state index contributed by atoms with van der Waals surface area (Å²) in [6, 6.07) is 1.92. The second-order valence-electron chi connectivity index (χ2n) is 4.83. The smallest absolute Gasteiger partial charge is 0.299 e. The van der Waals surface area contributed by atoms with Gasteiger partial charge in [-0.05, 0) is 32.4 Å². The lowest BCUT2D eigenvalue weighted by molar-refractivity contribution is 0.341. The Balaban J connectivity index is 2.54. The predicted molar refractivity (Wildman–Crippen MR) is 72.1 cm³/mol. The van der Waals surface area contributed by atoms with Gasteiger partial charge in [0, 0.05) is 18.3 Å². The van der Waals surface area contributed by atoms with Crippen molar-refractivity contribution in [1.29, 1.82) is 0 Å². The second kappa shape index (κ2) is 7.16. The van der Waals surface area contributed by atoms with Crippen LogP contribution >= 0.6 is 0 Å². The van der Waals surface area contributed by atoms with E-state index in [0.717, 1.165) is 19.5 Å². The molecule has 0 aromatic carbocycles. The Bertz CT molecular complexity index is 427. The topological polar surface area (TPSA) is 56.1 Å². The summed E-state index contributed by atoms with van der Waals surface area (Å²) >= 11 is 0. The van der Waals surface area contributed by atoms with Crippen LogP contribution in [0.2, 0.25) is 0 Å². The molecule has 0 aliphatic carbocycles. The number of nitrogens with one attached hydrogen (secondary N) is 1. The van der Waals surface area contributed by atoms with Gasteiger partial charge in [-0.2, -0.15) is 0 Å². The van der Waals surface area contributed by atoms with Crippen LogP contribution in [0, 0.1) is 12.8 Å². The van der Waals surface area contributed by atoms with E-state index in [1.54, 1.807) is 11.5 Å². The molecule has 1 aromatic heterocycles. The molecule has 1 N–H and O–H groups in total. The first kappa shape index (κ1) is 14.7. The average molecular weight is 253 g/mol. The van der Waals surface area contributed by atoms with Gasteiger partial charge in [0.05, 0.1) is 7.11 Å². The van der Waals surface area contributed by atoms with E-state index in [4.69, 9.17) is 4.74 Å². The lowest BCUT2D eigenvalue weighted by atomic mass is 10.2. The van der Waals surface area contributed by atoms with Crippen LogP contribution in [-0.2, 0) is 6.54 Å². The molecular weight excluding hydrogens is 230 g/mol. The summed E-state index contributed by atoms with van der Waals surface area (Å²) in [5, 5.41) is 3.35. The lowest BCUT2D eigenvalue weighted by Gasteiger charge is -2.11. The SMILES string of the molecule is COc1nc(C)cc(=O)n1CCCNCC(C)C. The van der Waals surface area contributed by atoms with Crippen LogP contribution in [0.4, 0.5) is 0 Å². The molecule has 0 atom stereocenters. The Morgan fingerprint density at radius 1 is 1.50 bits per heavy atom. The van der Waals surface area contributed by atoms with E-state index in [1.165, 1.54) is 13.2 Å². The maximum atomic E-state index is 11.8. The molecule has 0 spiro atoms. The number of hydrogen-bond acceptors (Lipinski definition) is 4. The van der Waals surface area contributed by atoms with Gasteiger partial charge in [-0.15, -0.1) is 0 Å². The number of nitrogens with zero attached hydrogens (tertiary/aromatic N) is 2. The monoisotopic (exact) mass is 253 g/mol. The van der Waals surface area contributed by atoms with Crippen molar-refractivity contribution in [2.45, 2.75) is 33.7 Å². The van der Waals surface area contributed by atoms with Crippen LogP contribution in [0.1, 0.15) is 26.0 Å². The quantitative estimate of drug-likeness (QED) is 0.742. The number of rotatable bonds is 7. The summed E-state index contributed by atoms with van der Waals surface area (Å²) in [6.07, 6.45) is 0.883. The maximum absolute atomic E-state index is 11.8. The summed E-state index contributed by atoms with van der Waals surface area (Å²) < 4.78 is 6.71. The zero-order chi connectivity index (χ0) is 13.5. The standard InChI is InChI=1S/C13H23N3O2/c1-10(2)9-14-6-5-7-16-12(17)8-11(3)15-13(16)18-4/h8,10,14H,5-7,9H2,1-4H3. The molecule has 1 aromatic rings. The maximum Gasteiger partial charge on any atom is 0.299 e. The number of hydrogen-bond donors (Lipinski definition) is 1. The molecule has 5 nitrogen and oxygen atoms in total. The first-order chi connectivity index (χ1) is 8.54. The first-order valence-electron chi connectivity index (χ1n) is 6.37. The summed E-state index contributed by atoms with van der Waals surface area (Å²) in [5.41, 5.74) is 0.634. The van der Waals surface area contributed by atoms with Crippen molar-refractivity contribution in [3.05, 3.63) is 22.1 Å². The molecule has 0 aliphatic rings. The van der Waals surface area contributed by atoms with Crippen molar-refractivity contribution in [2.75, 3.05) is 20.2 Å². The average Bonchev–Trinajstić information content (AvgIpc) is 2.30. The Labute approximate surface area is 108 Å². The number of methoxy groups -OCH3 is 1. The van der Waals surface area contributed by atoms with E-state index >= 15 is 0 Å². The van der Waals surface area contributed by atoms with Gasteiger partial charge in [0.1, 0.15) is 0 Å². The molecule has 1 rings (SSSR count). The highest BCUT2D eigenvalue weighted by Crippen LogP contribution is 2.04. The summed E-state index contributed by atoms with van der Waals surface area (Å²) in [4.78, 5) is 16.0. The predicted octanol–water partition coefficient (Wildman–Crippen LogP) is 1.20. The van der Waals surface area contributed by atoms with Gasteiger partial charge in [0.15, 0.2) is 0 Å². The fourth-order valence-corrected chi connectivity index (χ4v) is 1.71. The molecule has 1 heterocycles. The highest BCUT2D eigenvalue weighted by Gasteiger charge is 2.06. The van der Waals surface area contributed by atoms with E-state index in [-0.39, 0.29) is 5.56 Å². The van der Waals surface area contributed by atoms with Crippen molar-refractivity contribution in [3.63, 3.8) is 0 Å². The molecule has 18 heavy (non-hydrogen) atoms. The van der Waals surface area contributed by atoms with Crippen molar-refractivity contribution in [1.82, 2.24) is 14.9 Å². The van der Waals surface area contributed by atoms with E-state index in [0.29, 0.717) is 24.2 Å². The van der Waals surface area contributed by atoms with Crippen molar-refractivity contribution < 1.29 is 4.74 Å². The van der Waals surface area contributed by atoms with Crippen molar-refractivity contribution in [3.8, 4) is 6.01 Å². The van der Waals surface area contributed by atoms with Gasteiger partial charge >= 0.3 is 0 Å². The number of ether oxygens (including phenoxy) is 1. The molecule has 0 saturated heterocycles. The Kier molecular flexibility index (Phi) is 5.85. The summed E-state index contributed by atoms with van der Waals surface area (Å²) in [7, 11) is 1.54. The van der Waals surface area contributed by atoms with Gasteiger partial charge < -0.3 is 10.1 Å². The third kappa shape index (κ3) is 4.49. The lowest BCUT2D eigenvalue weighted by Crippen LogP contribution is -2.26. The summed E-state index contributed by atoms with van der Waals surface area (Å²) in [6.45, 7) is 8.65. The Hall–Kier alpha value is -1.36.